The third kappa shape index (κ3) is 10.9. The smallest absolute Gasteiger partial charge is 0.405 e. The van der Waals surface area contributed by atoms with E-state index in [1.165, 1.54) is 26.8 Å². The maximum atomic E-state index is 14.0. The summed E-state index contributed by atoms with van der Waals surface area (Å²) >= 11 is 0. The van der Waals surface area contributed by atoms with Crippen LogP contribution in [0.5, 0.6) is 23.0 Å². The topological polar surface area (TPSA) is 216 Å². The minimum Gasteiger partial charge on any atom is -0.493 e. The van der Waals surface area contributed by atoms with Crippen molar-refractivity contribution in [1.82, 2.24) is 25.3 Å². The lowest BCUT2D eigenvalue weighted by atomic mass is 10.0. The SMILES string of the molecule is COc1cc2c(cc1OCCCOc1cc3c(cc1OC)C(=O)N1C=C(c4ccc(N5CCN(C)CC5)cc4)C[C@H]1C=N3)N=C[C@@H]1CC(c3ccc(NC(=O)C(C)NC(=O)C(NC(=O)O)C(C)C)cc3)=CN1C2=O. The van der Waals surface area contributed by atoms with Gasteiger partial charge in [0.1, 0.15) is 12.1 Å². The molecule has 0 bridgehead atoms. The van der Waals surface area contributed by atoms with Gasteiger partial charge in [0.05, 0.1) is 62.0 Å². The molecule has 0 spiro atoms. The molecule has 0 aliphatic carbocycles. The molecule has 1 fully saturated rings. The predicted octanol–water partition coefficient (Wildman–Crippen LogP) is 6.98. The molecule has 19 nitrogen and oxygen atoms in total. The molecule has 1 saturated heterocycles. The summed E-state index contributed by atoms with van der Waals surface area (Å²) in [5.41, 5.74) is 7.34. The molecule has 2 unspecified atom stereocenters. The number of carboxylic acid groups (broad SMARTS) is 1. The van der Waals surface area contributed by atoms with Crippen molar-refractivity contribution in [3.63, 3.8) is 0 Å². The Morgan fingerprint density at radius 2 is 1.18 bits per heavy atom. The number of methoxy groups -OCH3 is 2. The second-order valence-corrected chi connectivity index (χ2v) is 19.2. The van der Waals surface area contributed by atoms with Crippen molar-refractivity contribution in [2.75, 3.05) is 70.9 Å². The lowest BCUT2D eigenvalue weighted by Crippen LogP contribution is -2.53. The number of benzene rings is 4. The summed E-state index contributed by atoms with van der Waals surface area (Å²) < 4.78 is 23.7. The third-order valence-corrected chi connectivity index (χ3v) is 13.8. The van der Waals surface area contributed by atoms with Crippen molar-refractivity contribution in [1.29, 1.82) is 0 Å². The first-order valence-electron chi connectivity index (χ1n) is 24.8. The van der Waals surface area contributed by atoms with E-state index in [0.717, 1.165) is 48.5 Å². The molecule has 74 heavy (non-hydrogen) atoms. The number of hydrogen-bond donors (Lipinski definition) is 4. The molecule has 5 heterocycles. The summed E-state index contributed by atoms with van der Waals surface area (Å²) in [5, 5.41) is 16.6. The summed E-state index contributed by atoms with van der Waals surface area (Å²) in [7, 11) is 5.20. The number of hydrogen-bond acceptors (Lipinski definition) is 13. The quantitative estimate of drug-likeness (QED) is 0.0789. The fraction of sp³-hybridized carbons (Fsp3) is 0.364. The fourth-order valence-corrected chi connectivity index (χ4v) is 9.57. The maximum absolute atomic E-state index is 14.0. The molecule has 5 aliphatic rings. The van der Waals surface area contributed by atoms with Crippen molar-refractivity contribution in [2.45, 2.75) is 64.2 Å². The van der Waals surface area contributed by atoms with E-state index in [1.807, 2.05) is 24.5 Å². The summed E-state index contributed by atoms with van der Waals surface area (Å²) in [6.07, 6.45) is 7.63. The van der Waals surface area contributed by atoms with Crippen molar-refractivity contribution >= 4 is 76.0 Å². The average Bonchev–Trinajstić information content (AvgIpc) is 3.98. The lowest BCUT2D eigenvalue weighted by molar-refractivity contribution is -0.128. The van der Waals surface area contributed by atoms with Gasteiger partial charge in [-0.05, 0) is 78.6 Å². The van der Waals surface area contributed by atoms with Gasteiger partial charge in [-0.25, -0.2) is 4.79 Å². The van der Waals surface area contributed by atoms with Crippen molar-refractivity contribution in [3.05, 3.63) is 107 Å². The lowest BCUT2D eigenvalue weighted by Gasteiger charge is -2.34. The van der Waals surface area contributed by atoms with E-state index in [1.54, 1.807) is 72.5 Å². The summed E-state index contributed by atoms with van der Waals surface area (Å²) in [4.78, 5) is 82.4. The standard InChI is InChI=1S/C55H61N9O10/c1-32(2)50(60-55(69)70)52(66)58-33(3)51(65)59-38-12-8-34(9-13-38)36-22-40-28-56-44-26-48(46(71-5)24-42(44)53(67)63(40)30-36)73-20-7-21-74-49-27-45-43(25-47(49)72-6)54(68)64-31-37(23-41(64)29-57-45)35-10-14-39(15-11-35)62-18-16-61(4)17-19-62/h8-15,24-33,40-41,50,60H,7,16-23H2,1-6H3,(H,58,66)(H,59,65)(H,69,70)/t33?,40-,41-,50?/m0/s1. The number of amides is 5. The first-order chi connectivity index (χ1) is 35.7. The van der Waals surface area contributed by atoms with Gasteiger partial charge in [-0.1, -0.05) is 38.1 Å². The molecule has 4 aromatic carbocycles. The number of anilines is 2. The predicted molar refractivity (Wildman–Crippen MR) is 282 cm³/mol. The van der Waals surface area contributed by atoms with Gasteiger partial charge in [-0.15, -0.1) is 0 Å². The molecule has 0 aromatic heterocycles. The molecule has 4 atom stereocenters. The van der Waals surface area contributed by atoms with Crippen LogP contribution in [0.15, 0.2) is 95.2 Å². The number of likely N-dealkylation sites (N-methyl/N-ethyl adjacent to an activating group) is 1. The van der Waals surface area contributed by atoms with Crippen LogP contribution in [-0.2, 0) is 9.59 Å². The number of piperazine rings is 1. The monoisotopic (exact) mass is 1010 g/mol. The average molecular weight is 1010 g/mol. The fourth-order valence-electron chi connectivity index (χ4n) is 9.57. The van der Waals surface area contributed by atoms with E-state index in [4.69, 9.17) is 34.0 Å². The molecule has 5 amide bonds. The van der Waals surface area contributed by atoms with Crippen LogP contribution < -0.4 is 39.8 Å². The Bertz CT molecular complexity index is 2950. The van der Waals surface area contributed by atoms with E-state index in [-0.39, 0.29) is 43.0 Å². The molecule has 4 aromatic rings. The highest BCUT2D eigenvalue weighted by Crippen LogP contribution is 2.42. The van der Waals surface area contributed by atoms with Crippen LogP contribution in [0.25, 0.3) is 11.1 Å². The molecular formula is C55H61N9O10. The Hall–Kier alpha value is -8.19. The third-order valence-electron chi connectivity index (χ3n) is 13.8. The van der Waals surface area contributed by atoms with Gasteiger partial charge in [-0.3, -0.25) is 29.2 Å². The number of rotatable bonds is 17. The zero-order chi connectivity index (χ0) is 52.2. The molecule has 4 N–H and O–H groups in total. The Kier molecular flexibility index (Phi) is 15.0. The van der Waals surface area contributed by atoms with E-state index in [0.29, 0.717) is 70.4 Å². The molecule has 9 rings (SSSR count). The van der Waals surface area contributed by atoms with Crippen LogP contribution in [0.1, 0.15) is 71.9 Å². The zero-order valence-electron chi connectivity index (χ0n) is 42.3. The Morgan fingerprint density at radius 1 is 0.676 bits per heavy atom. The molecule has 5 aliphatic heterocycles. The van der Waals surface area contributed by atoms with Crippen LogP contribution in [0, 0.1) is 5.92 Å². The largest absolute Gasteiger partial charge is 0.493 e. The van der Waals surface area contributed by atoms with E-state index < -0.39 is 30.0 Å². The van der Waals surface area contributed by atoms with Gasteiger partial charge in [0.15, 0.2) is 23.0 Å². The van der Waals surface area contributed by atoms with E-state index in [9.17, 15) is 24.0 Å². The van der Waals surface area contributed by atoms with Crippen LogP contribution in [-0.4, -0.2) is 147 Å². The van der Waals surface area contributed by atoms with Crippen LogP contribution >= 0.6 is 0 Å². The van der Waals surface area contributed by atoms with Gasteiger partial charge in [0, 0.05) is 93.8 Å². The van der Waals surface area contributed by atoms with Crippen molar-refractivity contribution in [3.8, 4) is 23.0 Å². The second-order valence-electron chi connectivity index (χ2n) is 19.2. The van der Waals surface area contributed by atoms with E-state index >= 15 is 0 Å². The van der Waals surface area contributed by atoms with Gasteiger partial charge >= 0.3 is 6.09 Å². The van der Waals surface area contributed by atoms with Gasteiger partial charge in [0.25, 0.3) is 11.8 Å². The summed E-state index contributed by atoms with van der Waals surface area (Å²) in [5.74, 6) is -0.156. The van der Waals surface area contributed by atoms with Crippen LogP contribution in [0.3, 0.4) is 0 Å². The number of carbonyl (C=O) groups excluding carboxylic acids is 4. The van der Waals surface area contributed by atoms with Gasteiger partial charge in [0.2, 0.25) is 11.8 Å². The zero-order valence-corrected chi connectivity index (χ0v) is 42.3. The number of carbonyl (C=O) groups is 5. The molecular weight excluding hydrogens is 947 g/mol. The Labute approximate surface area is 429 Å². The summed E-state index contributed by atoms with van der Waals surface area (Å²) in [6.45, 7) is 9.52. The van der Waals surface area contributed by atoms with Gasteiger partial charge in [-0.2, -0.15) is 0 Å². The van der Waals surface area contributed by atoms with Gasteiger partial charge < -0.3 is 59.6 Å². The number of nitrogens with zero attached hydrogens (tertiary/aromatic N) is 6. The molecule has 19 heteroatoms. The van der Waals surface area contributed by atoms with E-state index in [2.05, 4.69) is 57.1 Å². The number of ether oxygens (including phenoxy) is 4. The first kappa shape index (κ1) is 50.7. The second kappa shape index (κ2) is 21.9. The Morgan fingerprint density at radius 3 is 1.65 bits per heavy atom. The van der Waals surface area contributed by atoms with Crippen molar-refractivity contribution in [2.24, 2.45) is 15.9 Å². The highest BCUT2D eigenvalue weighted by atomic mass is 16.5. The van der Waals surface area contributed by atoms with Crippen molar-refractivity contribution < 1.29 is 48.0 Å². The highest BCUT2D eigenvalue weighted by Gasteiger charge is 2.36. The molecule has 0 saturated carbocycles. The minimum absolute atomic E-state index is 0.159. The molecule has 386 valence electrons. The molecule has 0 radical (unpaired) electrons. The minimum atomic E-state index is -1.33. The maximum Gasteiger partial charge on any atom is 0.405 e. The number of fused-ring (bicyclic) bond motifs is 4. The highest BCUT2D eigenvalue weighted by molar-refractivity contribution is 6.07. The van der Waals surface area contributed by atoms with Crippen LogP contribution in [0.4, 0.5) is 27.5 Å². The first-order valence-corrected chi connectivity index (χ1v) is 24.8. The number of aliphatic imine (C=N–C) groups is 2. The normalized spacial score (nSPS) is 18.7. The Balaban J connectivity index is 0.778. The van der Waals surface area contributed by atoms with Crippen LogP contribution in [0.2, 0.25) is 0 Å². The number of nitrogens with one attached hydrogen (secondary N) is 3. The summed E-state index contributed by atoms with van der Waals surface area (Å²) in [6, 6.07) is 20.0.